The van der Waals surface area contributed by atoms with E-state index in [0.29, 0.717) is 12.0 Å². The van der Waals surface area contributed by atoms with E-state index in [-0.39, 0.29) is 27.9 Å². The third-order valence-electron chi connectivity index (χ3n) is 5.44. The fraction of sp³-hybridized carbons (Fsp3) is 0.333. The minimum absolute atomic E-state index is 0.0938. The van der Waals surface area contributed by atoms with Gasteiger partial charge in [0.25, 0.3) is 0 Å². The van der Waals surface area contributed by atoms with Gasteiger partial charge in [-0.25, -0.2) is 12.8 Å². The highest BCUT2D eigenvalue weighted by molar-refractivity contribution is 7.89. The summed E-state index contributed by atoms with van der Waals surface area (Å²) in [7, 11) is -4.13. The molecule has 0 radical (unpaired) electrons. The highest BCUT2D eigenvalue weighted by Crippen LogP contribution is 2.36. The van der Waals surface area contributed by atoms with E-state index in [2.05, 4.69) is 5.32 Å². The van der Waals surface area contributed by atoms with Gasteiger partial charge in [-0.2, -0.15) is 4.31 Å². The lowest BCUT2D eigenvalue weighted by molar-refractivity contribution is -0.138. The van der Waals surface area contributed by atoms with Crippen LogP contribution in [0.1, 0.15) is 37.8 Å². The summed E-state index contributed by atoms with van der Waals surface area (Å²) in [6.45, 7) is 1.58. The number of sulfonamides is 1. The molecule has 2 aromatic carbocycles. The average molecular weight is 503 g/mol. The second-order valence-electron chi connectivity index (χ2n) is 7.74. The van der Waals surface area contributed by atoms with Gasteiger partial charge >= 0.3 is 5.97 Å². The molecule has 0 unspecified atom stereocenters. The van der Waals surface area contributed by atoms with Crippen molar-refractivity contribution >= 4 is 45.1 Å². The molecule has 11 heteroatoms. The highest BCUT2D eigenvalue weighted by Gasteiger charge is 2.50. The molecular weight excluding hydrogens is 482 g/mol. The van der Waals surface area contributed by atoms with Crippen LogP contribution in [0.25, 0.3) is 0 Å². The number of hydrogen-bond donors (Lipinski definition) is 2. The second kappa shape index (κ2) is 9.35. The lowest BCUT2D eigenvalue weighted by Gasteiger charge is -2.34. The minimum atomic E-state index is -4.13. The van der Waals surface area contributed by atoms with Crippen LogP contribution in [0.15, 0.2) is 47.4 Å². The van der Waals surface area contributed by atoms with E-state index in [1.807, 2.05) is 0 Å². The average Bonchev–Trinajstić information content (AvgIpc) is 3.11. The molecule has 1 heterocycles. The summed E-state index contributed by atoms with van der Waals surface area (Å²) in [5.41, 5.74) is -1.08. The summed E-state index contributed by atoms with van der Waals surface area (Å²) in [5, 5.41) is 12.2. The fourth-order valence-electron chi connectivity index (χ4n) is 3.79. The zero-order valence-electron chi connectivity index (χ0n) is 17.0. The molecule has 0 aromatic heterocycles. The number of rotatable bonds is 7. The fourth-order valence-corrected chi connectivity index (χ4v) is 6.33. The van der Waals surface area contributed by atoms with Crippen molar-refractivity contribution in [2.24, 2.45) is 0 Å². The first-order valence-electron chi connectivity index (χ1n) is 9.70. The van der Waals surface area contributed by atoms with Crippen molar-refractivity contribution in [2.75, 3.05) is 6.54 Å². The largest absolute Gasteiger partial charge is 0.481 e. The van der Waals surface area contributed by atoms with Crippen molar-refractivity contribution in [3.63, 3.8) is 0 Å². The van der Waals surface area contributed by atoms with E-state index in [1.54, 1.807) is 0 Å². The Labute approximate surface area is 195 Å². The van der Waals surface area contributed by atoms with Crippen molar-refractivity contribution in [1.29, 1.82) is 0 Å². The van der Waals surface area contributed by atoms with E-state index in [1.165, 1.54) is 37.3 Å². The van der Waals surface area contributed by atoms with Crippen LogP contribution in [0.4, 0.5) is 4.39 Å². The molecule has 1 fully saturated rings. The lowest BCUT2D eigenvalue weighted by atomic mass is 9.96. The van der Waals surface area contributed by atoms with Crippen LogP contribution in [0.3, 0.4) is 0 Å². The van der Waals surface area contributed by atoms with Crippen molar-refractivity contribution < 1.29 is 27.5 Å². The lowest BCUT2D eigenvalue weighted by Crippen LogP contribution is -2.55. The van der Waals surface area contributed by atoms with Crippen LogP contribution in [-0.2, 0) is 19.6 Å². The molecule has 7 nitrogen and oxygen atoms in total. The Morgan fingerprint density at radius 2 is 1.78 bits per heavy atom. The number of nitrogens with zero attached hydrogens (tertiary/aromatic N) is 1. The third-order valence-corrected chi connectivity index (χ3v) is 7.88. The molecule has 3 rings (SSSR count). The van der Waals surface area contributed by atoms with E-state index in [4.69, 9.17) is 23.2 Å². The maximum Gasteiger partial charge on any atom is 0.305 e. The molecule has 2 N–H and O–H groups in total. The zero-order chi connectivity index (χ0) is 23.7. The van der Waals surface area contributed by atoms with Crippen molar-refractivity contribution in [3.05, 3.63) is 63.9 Å². The molecule has 172 valence electrons. The van der Waals surface area contributed by atoms with E-state index in [0.717, 1.165) is 16.4 Å². The normalized spacial score (nSPS) is 20.1. The van der Waals surface area contributed by atoms with Gasteiger partial charge in [0, 0.05) is 16.6 Å². The summed E-state index contributed by atoms with van der Waals surface area (Å²) in [5.74, 6) is -2.33. The number of hydrogen-bond acceptors (Lipinski definition) is 4. The van der Waals surface area contributed by atoms with E-state index < -0.39 is 45.7 Å². The van der Waals surface area contributed by atoms with Crippen molar-refractivity contribution in [1.82, 2.24) is 9.62 Å². The van der Waals surface area contributed by atoms with E-state index in [9.17, 15) is 27.5 Å². The number of benzene rings is 2. The number of amides is 1. The maximum atomic E-state index is 13.3. The molecule has 0 saturated carbocycles. The number of carbonyl (C=O) groups excluding carboxylic acids is 1. The second-order valence-corrected chi connectivity index (χ2v) is 10.5. The monoisotopic (exact) mass is 502 g/mol. The van der Waals surface area contributed by atoms with Gasteiger partial charge in [0.15, 0.2) is 0 Å². The van der Waals surface area contributed by atoms with Crippen LogP contribution in [-0.4, -0.2) is 41.8 Å². The Kier molecular flexibility index (Phi) is 7.14. The van der Waals surface area contributed by atoms with Gasteiger partial charge < -0.3 is 10.4 Å². The molecule has 1 aliphatic heterocycles. The molecule has 0 aliphatic carbocycles. The molecule has 1 saturated heterocycles. The molecular formula is C21H21Cl2FN2O5S. The number of carbonyl (C=O) groups is 2. The summed E-state index contributed by atoms with van der Waals surface area (Å²) in [4.78, 5) is 24.5. The molecule has 2 aromatic rings. The molecule has 2 atom stereocenters. The first kappa shape index (κ1) is 24.4. The number of halogens is 3. The third kappa shape index (κ3) is 5.06. The standard InChI is InChI=1S/C21H21Cl2FN2O5S/c1-21(20(29)25-18(12-19(27)28)13-3-5-16(24)6-4-13)7-2-8-26(21)32(30,31)17-10-14(22)9-15(23)11-17/h3-6,9-11,18H,2,7-8,12H2,1H3,(H,25,29)(H,27,28)/t18-,21+/m1/s1. The van der Waals surface area contributed by atoms with Gasteiger partial charge in [0.2, 0.25) is 15.9 Å². The maximum absolute atomic E-state index is 13.3. The smallest absolute Gasteiger partial charge is 0.305 e. The minimum Gasteiger partial charge on any atom is -0.481 e. The van der Waals surface area contributed by atoms with Crippen molar-refractivity contribution in [3.8, 4) is 0 Å². The Morgan fingerprint density at radius 3 is 2.34 bits per heavy atom. The molecule has 1 amide bonds. The summed E-state index contributed by atoms with van der Waals surface area (Å²) in [6, 6.07) is 8.02. The van der Waals surface area contributed by atoms with Gasteiger partial charge in [-0.3, -0.25) is 9.59 Å². The number of carboxylic acids is 1. The molecule has 0 bridgehead atoms. The molecule has 0 spiro atoms. The van der Waals surface area contributed by atoms with Crippen LogP contribution in [0, 0.1) is 5.82 Å². The Bertz CT molecular complexity index is 1120. The van der Waals surface area contributed by atoms with Crippen LogP contribution in [0.5, 0.6) is 0 Å². The quantitative estimate of drug-likeness (QED) is 0.595. The zero-order valence-corrected chi connectivity index (χ0v) is 19.3. The summed E-state index contributed by atoms with van der Waals surface area (Å²) < 4.78 is 41.0. The predicted molar refractivity (Wildman–Crippen MR) is 118 cm³/mol. The van der Waals surface area contributed by atoms with Gasteiger partial charge in [-0.05, 0) is 55.7 Å². The first-order chi connectivity index (χ1) is 14.9. The Morgan fingerprint density at radius 1 is 1.19 bits per heavy atom. The highest BCUT2D eigenvalue weighted by atomic mass is 35.5. The SMILES string of the molecule is C[C@@]1(C(=O)N[C@H](CC(=O)O)c2ccc(F)cc2)CCCN1S(=O)(=O)c1cc(Cl)cc(Cl)c1. The predicted octanol–water partition coefficient (Wildman–Crippen LogP) is 4.01. The topological polar surface area (TPSA) is 104 Å². The number of carboxylic acid groups (broad SMARTS) is 1. The van der Waals surface area contributed by atoms with Crippen LogP contribution in [0.2, 0.25) is 10.0 Å². The van der Waals surface area contributed by atoms with Crippen molar-refractivity contribution in [2.45, 2.75) is 42.7 Å². The Balaban J connectivity index is 1.92. The van der Waals surface area contributed by atoms with Gasteiger partial charge in [0.05, 0.1) is 17.4 Å². The molecule has 1 aliphatic rings. The number of nitrogens with one attached hydrogen (secondary N) is 1. The van der Waals surface area contributed by atoms with Crippen LogP contribution < -0.4 is 5.32 Å². The summed E-state index contributed by atoms with van der Waals surface area (Å²) >= 11 is 11.9. The Hall–Kier alpha value is -2.20. The molecule has 32 heavy (non-hydrogen) atoms. The number of aliphatic carboxylic acids is 1. The van der Waals surface area contributed by atoms with Gasteiger partial charge in [-0.15, -0.1) is 0 Å². The summed E-state index contributed by atoms with van der Waals surface area (Å²) in [6.07, 6.45) is 0.206. The first-order valence-corrected chi connectivity index (χ1v) is 11.9. The van der Waals surface area contributed by atoms with Crippen LogP contribution >= 0.6 is 23.2 Å². The van der Waals surface area contributed by atoms with Gasteiger partial charge in [0.1, 0.15) is 11.4 Å². The van der Waals surface area contributed by atoms with Gasteiger partial charge in [-0.1, -0.05) is 35.3 Å². The van der Waals surface area contributed by atoms with E-state index >= 15 is 0 Å².